The molecule has 1 aliphatic heterocycles. The van der Waals surface area contributed by atoms with Gasteiger partial charge in [0.25, 0.3) is 17.7 Å². The first-order valence-electron chi connectivity index (χ1n) is 5.45. The number of esters is 1. The highest BCUT2D eigenvalue weighted by molar-refractivity contribution is 6.09. The molecule has 1 heterocycles. The van der Waals surface area contributed by atoms with Crippen molar-refractivity contribution in [3.8, 4) is 5.75 Å². The van der Waals surface area contributed by atoms with Crippen LogP contribution in [0.2, 0.25) is 0 Å². The third-order valence-electron chi connectivity index (χ3n) is 2.42. The van der Waals surface area contributed by atoms with Crippen molar-refractivity contribution in [2.75, 3.05) is 11.9 Å². The Bertz CT molecular complexity index is 556. The van der Waals surface area contributed by atoms with Crippen LogP contribution >= 0.6 is 0 Å². The molecule has 8 nitrogen and oxygen atoms in total. The zero-order chi connectivity index (χ0) is 14.0. The van der Waals surface area contributed by atoms with Crippen molar-refractivity contribution in [3.05, 3.63) is 28.3 Å². The Hall–Kier alpha value is -2.64. The molecule has 0 fully saturated rings. The van der Waals surface area contributed by atoms with Gasteiger partial charge >= 0.3 is 5.97 Å². The molecule has 0 saturated carbocycles. The molecule has 1 aliphatic rings. The van der Waals surface area contributed by atoms with Gasteiger partial charge in [0.2, 0.25) is 0 Å². The second-order valence-corrected chi connectivity index (χ2v) is 3.68. The van der Waals surface area contributed by atoms with Gasteiger partial charge in [-0.25, -0.2) is 4.79 Å². The zero-order valence-electron chi connectivity index (χ0n) is 9.91. The van der Waals surface area contributed by atoms with E-state index in [2.05, 4.69) is 5.32 Å². The SMILES string of the molecule is CCOC(=O)C1Oc2ccc([N+](=O)[O-])cc2NC1=O. The van der Waals surface area contributed by atoms with E-state index in [1.807, 2.05) is 0 Å². The standard InChI is InChI=1S/C11H10N2O6/c1-2-18-11(15)9-10(14)12-7-5-6(13(16)17)3-4-8(7)19-9/h3-5,9H,2H2,1H3,(H,12,14). The summed E-state index contributed by atoms with van der Waals surface area (Å²) in [5, 5.41) is 13.0. The lowest BCUT2D eigenvalue weighted by Crippen LogP contribution is -2.43. The topological polar surface area (TPSA) is 108 Å². The Kier molecular flexibility index (Phi) is 3.32. The van der Waals surface area contributed by atoms with Crippen LogP contribution in [0.15, 0.2) is 18.2 Å². The maximum Gasteiger partial charge on any atom is 0.357 e. The first-order chi connectivity index (χ1) is 9.02. The summed E-state index contributed by atoms with van der Waals surface area (Å²) in [5.41, 5.74) is -0.0306. The number of nitrogens with zero attached hydrogens (tertiary/aromatic N) is 1. The maximum atomic E-state index is 11.6. The van der Waals surface area contributed by atoms with Crippen molar-refractivity contribution < 1.29 is 24.0 Å². The Morgan fingerprint density at radius 2 is 2.32 bits per heavy atom. The van der Waals surface area contributed by atoms with Crippen LogP contribution in [0, 0.1) is 10.1 Å². The zero-order valence-corrected chi connectivity index (χ0v) is 9.91. The highest BCUT2D eigenvalue weighted by Gasteiger charge is 2.35. The van der Waals surface area contributed by atoms with Crippen molar-refractivity contribution in [2.24, 2.45) is 0 Å². The minimum Gasteiger partial charge on any atom is -0.466 e. The average molecular weight is 266 g/mol. The summed E-state index contributed by atoms with van der Waals surface area (Å²) >= 11 is 0. The van der Waals surface area contributed by atoms with Gasteiger partial charge in [0.05, 0.1) is 17.2 Å². The van der Waals surface area contributed by atoms with Gasteiger partial charge in [-0.1, -0.05) is 0 Å². The van der Waals surface area contributed by atoms with E-state index in [0.29, 0.717) is 0 Å². The van der Waals surface area contributed by atoms with Gasteiger partial charge in [-0.05, 0) is 13.0 Å². The molecule has 0 saturated heterocycles. The first-order valence-corrected chi connectivity index (χ1v) is 5.45. The molecule has 1 aromatic rings. The van der Waals surface area contributed by atoms with Crippen molar-refractivity contribution in [2.45, 2.75) is 13.0 Å². The lowest BCUT2D eigenvalue weighted by atomic mass is 10.2. The average Bonchev–Trinajstić information content (AvgIpc) is 2.37. The molecule has 0 bridgehead atoms. The number of non-ortho nitro benzene ring substituents is 1. The molecule has 1 aromatic carbocycles. The van der Waals surface area contributed by atoms with E-state index in [4.69, 9.17) is 9.47 Å². The van der Waals surface area contributed by atoms with E-state index >= 15 is 0 Å². The number of nitro groups is 1. The van der Waals surface area contributed by atoms with Crippen molar-refractivity contribution in [1.82, 2.24) is 0 Å². The molecule has 1 atom stereocenters. The van der Waals surface area contributed by atoms with Gasteiger partial charge < -0.3 is 14.8 Å². The number of amides is 1. The van der Waals surface area contributed by atoms with E-state index < -0.39 is 22.9 Å². The Labute approximate surface area is 107 Å². The molecule has 1 amide bonds. The van der Waals surface area contributed by atoms with Crippen LogP contribution in [0.1, 0.15) is 6.92 Å². The van der Waals surface area contributed by atoms with Gasteiger partial charge in [-0.15, -0.1) is 0 Å². The van der Waals surface area contributed by atoms with Gasteiger partial charge in [0, 0.05) is 12.1 Å². The molecule has 8 heteroatoms. The summed E-state index contributed by atoms with van der Waals surface area (Å²) in [7, 11) is 0. The molecule has 0 aromatic heterocycles. The number of anilines is 1. The molecule has 100 valence electrons. The van der Waals surface area contributed by atoms with Gasteiger partial charge in [-0.2, -0.15) is 0 Å². The molecule has 1 unspecified atom stereocenters. The van der Waals surface area contributed by atoms with Crippen LogP contribution in [0.5, 0.6) is 5.75 Å². The summed E-state index contributed by atoms with van der Waals surface area (Å²) in [6.45, 7) is 1.73. The lowest BCUT2D eigenvalue weighted by molar-refractivity contribution is -0.384. The minimum absolute atomic E-state index is 0.124. The van der Waals surface area contributed by atoms with Crippen LogP contribution < -0.4 is 10.1 Å². The largest absolute Gasteiger partial charge is 0.466 e. The predicted molar refractivity (Wildman–Crippen MR) is 62.8 cm³/mol. The van der Waals surface area contributed by atoms with Crippen LogP contribution in [0.25, 0.3) is 0 Å². The number of carbonyl (C=O) groups is 2. The Morgan fingerprint density at radius 3 is 2.95 bits per heavy atom. The number of rotatable bonds is 3. The van der Waals surface area contributed by atoms with Crippen molar-refractivity contribution in [1.29, 1.82) is 0 Å². The van der Waals surface area contributed by atoms with E-state index in [1.165, 1.54) is 12.1 Å². The number of nitro benzene ring substituents is 1. The summed E-state index contributed by atoms with van der Waals surface area (Å²) in [6, 6.07) is 3.70. The molecule has 0 spiro atoms. The van der Waals surface area contributed by atoms with Gasteiger partial charge in [-0.3, -0.25) is 14.9 Å². The number of ether oxygens (including phenoxy) is 2. The summed E-state index contributed by atoms with van der Waals surface area (Å²) in [5.74, 6) is -1.33. The summed E-state index contributed by atoms with van der Waals surface area (Å²) < 4.78 is 9.88. The summed E-state index contributed by atoms with van der Waals surface area (Å²) in [6.07, 6.45) is -1.39. The highest BCUT2D eigenvalue weighted by atomic mass is 16.6. The highest BCUT2D eigenvalue weighted by Crippen LogP contribution is 2.33. The van der Waals surface area contributed by atoms with Crippen LogP contribution in [0.4, 0.5) is 11.4 Å². The fourth-order valence-electron chi connectivity index (χ4n) is 1.58. The number of benzene rings is 1. The maximum absolute atomic E-state index is 11.6. The van der Waals surface area contributed by atoms with Crippen molar-refractivity contribution in [3.63, 3.8) is 0 Å². The quantitative estimate of drug-likeness (QED) is 0.376. The molecule has 1 N–H and O–H groups in total. The lowest BCUT2D eigenvalue weighted by Gasteiger charge is -2.23. The molecule has 0 aliphatic carbocycles. The summed E-state index contributed by atoms with van der Waals surface area (Å²) in [4.78, 5) is 33.1. The third-order valence-corrected chi connectivity index (χ3v) is 2.42. The Morgan fingerprint density at radius 1 is 1.58 bits per heavy atom. The van der Waals surface area contributed by atoms with Crippen LogP contribution in [-0.2, 0) is 14.3 Å². The minimum atomic E-state index is -1.39. The van der Waals surface area contributed by atoms with E-state index in [-0.39, 0.29) is 23.7 Å². The first kappa shape index (κ1) is 12.8. The molecular formula is C11H10N2O6. The van der Waals surface area contributed by atoms with E-state index in [9.17, 15) is 19.7 Å². The fourth-order valence-corrected chi connectivity index (χ4v) is 1.58. The van der Waals surface area contributed by atoms with Crippen LogP contribution in [-0.4, -0.2) is 29.5 Å². The number of nitrogens with one attached hydrogen (secondary N) is 1. The second-order valence-electron chi connectivity index (χ2n) is 3.68. The van der Waals surface area contributed by atoms with Gasteiger partial charge in [0.15, 0.2) is 0 Å². The second kappa shape index (κ2) is 4.92. The van der Waals surface area contributed by atoms with E-state index in [0.717, 1.165) is 6.07 Å². The third kappa shape index (κ3) is 2.46. The number of fused-ring (bicyclic) bond motifs is 1. The predicted octanol–water partition coefficient (Wildman–Crippen LogP) is 0.857. The Balaban J connectivity index is 2.27. The molecule has 0 radical (unpaired) electrons. The number of hydrogen-bond donors (Lipinski definition) is 1. The number of hydrogen-bond acceptors (Lipinski definition) is 6. The van der Waals surface area contributed by atoms with Crippen LogP contribution in [0.3, 0.4) is 0 Å². The molecule has 19 heavy (non-hydrogen) atoms. The van der Waals surface area contributed by atoms with Gasteiger partial charge in [0.1, 0.15) is 5.75 Å². The molecular weight excluding hydrogens is 256 g/mol. The molecule has 2 rings (SSSR count). The van der Waals surface area contributed by atoms with E-state index in [1.54, 1.807) is 6.92 Å². The number of carbonyl (C=O) groups excluding carboxylic acids is 2. The normalized spacial score (nSPS) is 16.9. The smallest absolute Gasteiger partial charge is 0.357 e. The fraction of sp³-hybridized carbons (Fsp3) is 0.273. The monoisotopic (exact) mass is 266 g/mol. The van der Waals surface area contributed by atoms with Crippen molar-refractivity contribution >= 4 is 23.3 Å².